The summed E-state index contributed by atoms with van der Waals surface area (Å²) in [6.07, 6.45) is 6.07. The van der Waals surface area contributed by atoms with E-state index in [9.17, 15) is 4.39 Å². The van der Waals surface area contributed by atoms with E-state index >= 15 is 0 Å². The third-order valence-electron chi connectivity index (χ3n) is 5.52. The van der Waals surface area contributed by atoms with Crippen LogP contribution in [0, 0.1) is 5.82 Å². The van der Waals surface area contributed by atoms with Crippen LogP contribution in [0.15, 0.2) is 85.3 Å². The standard InChI is InChI=1S/C25H21FN2O/c1-17-15-28-16-20-5-2-3-8-22(20)23(25(28)29-17)11-9-18-10-12-24(27-14-18)19-6-4-7-21(26)13-19/h2-14,23,25H,1,15-16H2/b11-9+/t23?,25-/m1/s1. The summed E-state index contributed by atoms with van der Waals surface area (Å²) in [5, 5.41) is 0. The monoisotopic (exact) mass is 384 g/mol. The first-order chi connectivity index (χ1) is 14.2. The van der Waals surface area contributed by atoms with Gasteiger partial charge in [0, 0.05) is 18.3 Å². The van der Waals surface area contributed by atoms with Gasteiger partial charge in [0.1, 0.15) is 11.6 Å². The van der Waals surface area contributed by atoms with Gasteiger partial charge in [0.05, 0.1) is 18.2 Å². The third-order valence-corrected chi connectivity index (χ3v) is 5.52. The normalized spacial score (nSPS) is 21.1. The van der Waals surface area contributed by atoms with E-state index < -0.39 is 0 Å². The molecule has 0 N–H and O–H groups in total. The molecule has 2 aliphatic rings. The van der Waals surface area contributed by atoms with Crippen LogP contribution in [0.25, 0.3) is 17.3 Å². The minimum atomic E-state index is -0.257. The molecular weight excluding hydrogens is 363 g/mol. The number of fused-ring (bicyclic) bond motifs is 2. The van der Waals surface area contributed by atoms with E-state index in [2.05, 4.69) is 52.9 Å². The molecule has 1 aromatic heterocycles. The van der Waals surface area contributed by atoms with E-state index in [1.807, 2.05) is 24.4 Å². The van der Waals surface area contributed by atoms with Crippen molar-refractivity contribution in [1.29, 1.82) is 0 Å². The van der Waals surface area contributed by atoms with E-state index in [0.29, 0.717) is 0 Å². The Morgan fingerprint density at radius 3 is 2.79 bits per heavy atom. The van der Waals surface area contributed by atoms with Gasteiger partial charge in [-0.2, -0.15) is 0 Å². The van der Waals surface area contributed by atoms with Crippen LogP contribution >= 0.6 is 0 Å². The molecule has 5 rings (SSSR count). The lowest BCUT2D eigenvalue weighted by Crippen LogP contribution is -2.38. The number of hydrogen-bond acceptors (Lipinski definition) is 3. The van der Waals surface area contributed by atoms with Gasteiger partial charge in [-0.15, -0.1) is 0 Å². The second-order valence-corrected chi connectivity index (χ2v) is 7.52. The topological polar surface area (TPSA) is 25.4 Å². The molecule has 1 fully saturated rings. The van der Waals surface area contributed by atoms with E-state index in [1.54, 1.807) is 6.07 Å². The molecule has 0 bridgehead atoms. The smallest absolute Gasteiger partial charge is 0.163 e. The maximum absolute atomic E-state index is 13.5. The summed E-state index contributed by atoms with van der Waals surface area (Å²) < 4.78 is 19.5. The van der Waals surface area contributed by atoms with Crippen molar-refractivity contribution in [2.45, 2.75) is 18.7 Å². The molecule has 3 nitrogen and oxygen atoms in total. The average molecular weight is 384 g/mol. The number of aromatic nitrogens is 1. The van der Waals surface area contributed by atoms with Gasteiger partial charge < -0.3 is 4.74 Å². The van der Waals surface area contributed by atoms with Crippen LogP contribution < -0.4 is 0 Å². The summed E-state index contributed by atoms with van der Waals surface area (Å²) in [5.74, 6) is 0.691. The zero-order chi connectivity index (χ0) is 19.8. The fourth-order valence-electron chi connectivity index (χ4n) is 4.16. The summed E-state index contributed by atoms with van der Waals surface area (Å²) in [5.41, 5.74) is 5.15. The van der Waals surface area contributed by atoms with Crippen molar-refractivity contribution in [3.63, 3.8) is 0 Å². The van der Waals surface area contributed by atoms with Crippen LogP contribution in [0.3, 0.4) is 0 Å². The summed E-state index contributed by atoms with van der Waals surface area (Å²) in [4.78, 5) is 6.83. The van der Waals surface area contributed by atoms with Crippen molar-refractivity contribution in [1.82, 2.24) is 9.88 Å². The Morgan fingerprint density at radius 1 is 1.07 bits per heavy atom. The first-order valence-corrected chi connectivity index (χ1v) is 9.74. The average Bonchev–Trinajstić information content (AvgIpc) is 3.11. The first-order valence-electron chi connectivity index (χ1n) is 9.74. The summed E-state index contributed by atoms with van der Waals surface area (Å²) in [7, 11) is 0. The zero-order valence-corrected chi connectivity index (χ0v) is 16.0. The molecule has 0 amide bonds. The first kappa shape index (κ1) is 17.8. The van der Waals surface area contributed by atoms with Crippen molar-refractivity contribution in [3.8, 4) is 11.3 Å². The van der Waals surface area contributed by atoms with E-state index in [-0.39, 0.29) is 18.0 Å². The van der Waals surface area contributed by atoms with Crippen LogP contribution in [-0.4, -0.2) is 22.7 Å². The summed E-state index contributed by atoms with van der Waals surface area (Å²) in [6, 6.07) is 18.9. The van der Waals surface area contributed by atoms with Crippen LogP contribution in [-0.2, 0) is 11.3 Å². The maximum Gasteiger partial charge on any atom is 0.163 e. The zero-order valence-electron chi connectivity index (χ0n) is 16.0. The fourth-order valence-corrected chi connectivity index (χ4v) is 4.16. The molecule has 0 aliphatic carbocycles. The molecule has 144 valence electrons. The van der Waals surface area contributed by atoms with E-state index in [0.717, 1.165) is 35.7 Å². The molecule has 0 radical (unpaired) electrons. The highest BCUT2D eigenvalue weighted by Crippen LogP contribution is 2.39. The van der Waals surface area contributed by atoms with Crippen LogP contribution in [0.4, 0.5) is 4.39 Å². The molecular formula is C25H21FN2O. The van der Waals surface area contributed by atoms with Gasteiger partial charge in [0.25, 0.3) is 0 Å². The number of rotatable bonds is 3. The van der Waals surface area contributed by atoms with Crippen molar-refractivity contribution >= 4 is 6.08 Å². The van der Waals surface area contributed by atoms with Crippen LogP contribution in [0.1, 0.15) is 22.6 Å². The highest BCUT2D eigenvalue weighted by atomic mass is 19.1. The van der Waals surface area contributed by atoms with Gasteiger partial charge in [0.2, 0.25) is 0 Å². The predicted molar refractivity (Wildman–Crippen MR) is 112 cm³/mol. The SMILES string of the molecule is C=C1CN2Cc3ccccc3C(/C=C/c3ccc(-c4cccc(F)c4)nc3)[C@H]2O1. The van der Waals surface area contributed by atoms with Crippen molar-refractivity contribution in [2.24, 2.45) is 0 Å². The molecule has 2 atom stereocenters. The highest BCUT2D eigenvalue weighted by molar-refractivity contribution is 5.61. The maximum atomic E-state index is 13.5. The second-order valence-electron chi connectivity index (χ2n) is 7.52. The van der Waals surface area contributed by atoms with E-state index in [4.69, 9.17) is 4.74 Å². The Kier molecular flexibility index (Phi) is 4.49. The lowest BCUT2D eigenvalue weighted by Gasteiger charge is -2.35. The van der Waals surface area contributed by atoms with Crippen molar-refractivity contribution < 1.29 is 9.13 Å². The molecule has 4 heteroatoms. The fraction of sp³-hybridized carbons (Fsp3) is 0.160. The molecule has 0 saturated carbocycles. The Bertz CT molecular complexity index is 1090. The molecule has 2 aromatic carbocycles. The number of hydrogen-bond donors (Lipinski definition) is 0. The van der Waals surface area contributed by atoms with E-state index in [1.165, 1.54) is 23.3 Å². The summed E-state index contributed by atoms with van der Waals surface area (Å²) >= 11 is 0. The van der Waals surface area contributed by atoms with Gasteiger partial charge in [-0.1, -0.05) is 61.2 Å². The largest absolute Gasteiger partial charge is 0.478 e. The molecule has 0 spiro atoms. The van der Waals surface area contributed by atoms with Crippen molar-refractivity contribution in [2.75, 3.05) is 6.54 Å². The lowest BCUT2D eigenvalue weighted by atomic mass is 9.88. The van der Waals surface area contributed by atoms with Gasteiger partial charge in [-0.25, -0.2) is 4.39 Å². The van der Waals surface area contributed by atoms with Crippen LogP contribution in [0.5, 0.6) is 0 Å². The van der Waals surface area contributed by atoms with Gasteiger partial charge in [-0.05, 0) is 34.9 Å². The van der Waals surface area contributed by atoms with Gasteiger partial charge >= 0.3 is 0 Å². The van der Waals surface area contributed by atoms with Gasteiger partial charge in [-0.3, -0.25) is 9.88 Å². The van der Waals surface area contributed by atoms with Crippen LogP contribution in [0.2, 0.25) is 0 Å². The number of pyridine rings is 1. The summed E-state index contributed by atoms with van der Waals surface area (Å²) in [6.45, 7) is 5.67. The second kappa shape index (κ2) is 7.30. The highest BCUT2D eigenvalue weighted by Gasteiger charge is 2.39. The minimum absolute atomic E-state index is 0.0202. The molecule has 29 heavy (non-hydrogen) atoms. The molecule has 1 unspecified atom stereocenters. The minimum Gasteiger partial charge on any atom is -0.478 e. The Balaban J connectivity index is 1.42. The predicted octanol–water partition coefficient (Wildman–Crippen LogP) is 5.37. The molecule has 3 aromatic rings. The third kappa shape index (κ3) is 3.47. The Morgan fingerprint density at radius 2 is 1.97 bits per heavy atom. The molecule has 3 heterocycles. The van der Waals surface area contributed by atoms with Crippen molar-refractivity contribution in [3.05, 3.63) is 108 Å². The molecule has 2 aliphatic heterocycles. The lowest BCUT2D eigenvalue weighted by molar-refractivity contribution is 0.0298. The number of benzene rings is 2. The number of nitrogens with zero attached hydrogens (tertiary/aromatic N) is 2. The number of halogens is 1. The Hall–Kier alpha value is -3.24. The molecule has 1 saturated heterocycles. The Labute approximate surface area is 169 Å². The quantitative estimate of drug-likeness (QED) is 0.607. The van der Waals surface area contributed by atoms with Gasteiger partial charge in [0.15, 0.2) is 6.23 Å². The number of ether oxygens (including phenoxy) is 1.